The molecule has 0 radical (unpaired) electrons. The maximum Gasteiger partial charge on any atom is 0.256 e. The number of carbonyl (C=O) groups is 2. The number of amides is 2. The highest BCUT2D eigenvalue weighted by molar-refractivity contribution is 6.35. The number of anilines is 1. The van der Waals surface area contributed by atoms with E-state index < -0.39 is 0 Å². The number of hydrogen-bond donors (Lipinski definition) is 2. The van der Waals surface area contributed by atoms with Crippen LogP contribution in [-0.2, 0) is 11.2 Å². The monoisotopic (exact) mass is 434 g/mol. The van der Waals surface area contributed by atoms with Crippen molar-refractivity contribution in [3.63, 3.8) is 0 Å². The first-order chi connectivity index (χ1) is 15.5. The Balaban J connectivity index is 1.39. The van der Waals surface area contributed by atoms with E-state index in [0.29, 0.717) is 11.3 Å². The molecule has 1 fully saturated rings. The molecule has 7 nitrogen and oxygen atoms in total. The van der Waals surface area contributed by atoms with Gasteiger partial charge in [0.2, 0.25) is 0 Å². The zero-order chi connectivity index (χ0) is 22.2. The summed E-state index contributed by atoms with van der Waals surface area (Å²) in [4.78, 5) is 33.8. The normalized spacial score (nSPS) is 19.8. The van der Waals surface area contributed by atoms with Crippen LogP contribution in [0.5, 0.6) is 5.75 Å². The van der Waals surface area contributed by atoms with Gasteiger partial charge in [0.05, 0.1) is 18.2 Å². The lowest BCUT2D eigenvalue weighted by Gasteiger charge is -2.32. The number of ether oxygens (including phenoxy) is 1. The SMILES string of the molecule is COc1ccc2c(c1)/C(=C/c1[nH]c3c(c1C)C(=O)N(CCN1CCCCC1)CC3)C(=O)N2. The molecule has 0 unspecified atom stereocenters. The Labute approximate surface area is 188 Å². The number of nitrogens with zero attached hydrogens (tertiary/aromatic N) is 2. The summed E-state index contributed by atoms with van der Waals surface area (Å²) in [7, 11) is 1.61. The van der Waals surface area contributed by atoms with E-state index in [1.54, 1.807) is 7.11 Å². The number of aromatic nitrogens is 1. The molecule has 2 N–H and O–H groups in total. The molecule has 7 heteroatoms. The van der Waals surface area contributed by atoms with Gasteiger partial charge in [0.25, 0.3) is 11.8 Å². The fourth-order valence-corrected chi connectivity index (χ4v) is 5.05. The summed E-state index contributed by atoms with van der Waals surface area (Å²) in [5.74, 6) is 0.655. The van der Waals surface area contributed by atoms with E-state index in [1.807, 2.05) is 36.1 Å². The molecule has 2 aromatic rings. The minimum absolute atomic E-state index is 0.0969. The largest absolute Gasteiger partial charge is 0.497 e. The van der Waals surface area contributed by atoms with Crippen LogP contribution in [-0.4, -0.2) is 66.4 Å². The molecule has 1 aromatic heterocycles. The predicted octanol–water partition coefficient (Wildman–Crippen LogP) is 3.31. The van der Waals surface area contributed by atoms with Gasteiger partial charge in [-0.15, -0.1) is 0 Å². The van der Waals surface area contributed by atoms with Crippen LogP contribution >= 0.6 is 0 Å². The van der Waals surface area contributed by atoms with Crippen molar-refractivity contribution in [3.05, 3.63) is 46.3 Å². The summed E-state index contributed by atoms with van der Waals surface area (Å²) >= 11 is 0. The van der Waals surface area contributed by atoms with E-state index in [-0.39, 0.29) is 11.8 Å². The van der Waals surface area contributed by atoms with E-state index in [1.165, 1.54) is 19.3 Å². The number of fused-ring (bicyclic) bond motifs is 2. The van der Waals surface area contributed by atoms with E-state index in [2.05, 4.69) is 15.2 Å². The van der Waals surface area contributed by atoms with Crippen LogP contribution in [0.1, 0.15) is 52.1 Å². The van der Waals surface area contributed by atoms with Gasteiger partial charge in [-0.25, -0.2) is 0 Å². The molecule has 32 heavy (non-hydrogen) atoms. The molecule has 0 atom stereocenters. The molecule has 3 aliphatic rings. The smallest absolute Gasteiger partial charge is 0.256 e. The molecule has 168 valence electrons. The van der Waals surface area contributed by atoms with Crippen LogP contribution in [0.3, 0.4) is 0 Å². The van der Waals surface area contributed by atoms with E-state index in [0.717, 1.165) is 72.9 Å². The van der Waals surface area contributed by atoms with Crippen LogP contribution in [0.2, 0.25) is 0 Å². The molecule has 0 aliphatic carbocycles. The van der Waals surface area contributed by atoms with Gasteiger partial charge in [0.1, 0.15) is 5.75 Å². The van der Waals surface area contributed by atoms with Gasteiger partial charge in [-0.2, -0.15) is 0 Å². The summed E-state index contributed by atoms with van der Waals surface area (Å²) in [6.07, 6.45) is 6.51. The second-order valence-corrected chi connectivity index (χ2v) is 8.89. The van der Waals surface area contributed by atoms with Crippen molar-refractivity contribution in [1.29, 1.82) is 0 Å². The Kier molecular flexibility index (Phi) is 5.51. The number of benzene rings is 1. The lowest BCUT2D eigenvalue weighted by Crippen LogP contribution is -2.43. The Hall–Kier alpha value is -3.06. The number of aromatic amines is 1. The number of methoxy groups -OCH3 is 1. The maximum atomic E-state index is 13.3. The topological polar surface area (TPSA) is 77.7 Å². The molecule has 0 bridgehead atoms. The Morgan fingerprint density at radius 3 is 2.69 bits per heavy atom. The van der Waals surface area contributed by atoms with Gasteiger partial charge in [-0.1, -0.05) is 6.42 Å². The first kappa shape index (κ1) is 20.8. The maximum absolute atomic E-state index is 13.3. The van der Waals surface area contributed by atoms with E-state index >= 15 is 0 Å². The van der Waals surface area contributed by atoms with Gasteiger partial charge in [0, 0.05) is 48.7 Å². The number of H-pyrrole nitrogens is 1. The molecule has 0 saturated carbocycles. The van der Waals surface area contributed by atoms with Crippen LogP contribution in [0.4, 0.5) is 5.69 Å². The molecule has 1 aromatic carbocycles. The third kappa shape index (κ3) is 3.71. The predicted molar refractivity (Wildman–Crippen MR) is 125 cm³/mol. The molecule has 0 spiro atoms. The second kappa shape index (κ2) is 8.47. The third-order valence-electron chi connectivity index (χ3n) is 6.93. The van der Waals surface area contributed by atoms with E-state index in [9.17, 15) is 9.59 Å². The lowest BCUT2D eigenvalue weighted by molar-refractivity contribution is -0.110. The Morgan fingerprint density at radius 1 is 1.09 bits per heavy atom. The quantitative estimate of drug-likeness (QED) is 0.708. The van der Waals surface area contributed by atoms with Crippen LogP contribution in [0.25, 0.3) is 11.6 Å². The molecule has 3 aliphatic heterocycles. The van der Waals surface area contributed by atoms with Gasteiger partial charge in [-0.3, -0.25) is 9.59 Å². The average molecular weight is 435 g/mol. The highest BCUT2D eigenvalue weighted by Crippen LogP contribution is 2.36. The van der Waals surface area contributed by atoms with Crippen molar-refractivity contribution in [2.45, 2.75) is 32.6 Å². The molecule has 5 rings (SSSR count). The lowest BCUT2D eigenvalue weighted by atomic mass is 10.0. The molecule has 1 saturated heterocycles. The zero-order valence-electron chi connectivity index (χ0n) is 18.8. The van der Waals surface area contributed by atoms with Crippen LogP contribution < -0.4 is 10.1 Å². The fraction of sp³-hybridized carbons (Fsp3) is 0.440. The summed E-state index contributed by atoms with van der Waals surface area (Å²) < 4.78 is 5.33. The first-order valence-electron chi connectivity index (χ1n) is 11.5. The zero-order valence-corrected chi connectivity index (χ0v) is 18.8. The minimum atomic E-state index is -0.144. The number of carbonyl (C=O) groups excluding carboxylic acids is 2. The summed E-state index contributed by atoms with van der Waals surface area (Å²) in [5, 5.41) is 2.91. The minimum Gasteiger partial charge on any atom is -0.497 e. The molecule has 4 heterocycles. The highest BCUT2D eigenvalue weighted by atomic mass is 16.5. The Bertz CT molecular complexity index is 1090. The van der Waals surface area contributed by atoms with Gasteiger partial charge < -0.3 is 24.8 Å². The van der Waals surface area contributed by atoms with Gasteiger partial charge >= 0.3 is 0 Å². The molecular weight excluding hydrogens is 404 g/mol. The van der Waals surface area contributed by atoms with E-state index in [4.69, 9.17) is 4.74 Å². The van der Waals surface area contributed by atoms with Crippen molar-refractivity contribution >= 4 is 29.2 Å². The van der Waals surface area contributed by atoms with Gasteiger partial charge in [-0.05, 0) is 62.7 Å². The van der Waals surface area contributed by atoms with Crippen LogP contribution in [0, 0.1) is 6.92 Å². The summed E-state index contributed by atoms with van der Waals surface area (Å²) in [5.41, 5.74) is 5.64. The number of nitrogens with one attached hydrogen (secondary N) is 2. The van der Waals surface area contributed by atoms with Crippen molar-refractivity contribution in [2.24, 2.45) is 0 Å². The number of likely N-dealkylation sites (tertiary alicyclic amines) is 1. The van der Waals surface area contributed by atoms with Crippen molar-refractivity contribution in [1.82, 2.24) is 14.8 Å². The first-order valence-corrected chi connectivity index (χ1v) is 11.5. The summed E-state index contributed by atoms with van der Waals surface area (Å²) in [6.45, 7) is 6.70. The standard InChI is InChI=1S/C25H30N4O3/c1-16-22(15-19-18-14-17(32-2)6-7-20(18)27-24(19)30)26-21-8-11-29(25(31)23(16)21)13-12-28-9-4-3-5-10-28/h6-7,14-15,26H,3-5,8-13H2,1-2H3,(H,27,30)/b19-15-. The van der Waals surface area contributed by atoms with Crippen molar-refractivity contribution < 1.29 is 14.3 Å². The summed E-state index contributed by atoms with van der Waals surface area (Å²) in [6, 6.07) is 5.55. The highest BCUT2D eigenvalue weighted by Gasteiger charge is 2.30. The second-order valence-electron chi connectivity index (χ2n) is 8.89. The van der Waals surface area contributed by atoms with Crippen molar-refractivity contribution in [2.75, 3.05) is 45.2 Å². The third-order valence-corrected chi connectivity index (χ3v) is 6.93. The molecule has 2 amide bonds. The average Bonchev–Trinajstić information content (AvgIpc) is 3.30. The van der Waals surface area contributed by atoms with Gasteiger partial charge in [0.15, 0.2) is 0 Å². The number of rotatable bonds is 5. The fourth-order valence-electron chi connectivity index (χ4n) is 5.05. The number of hydrogen-bond acceptors (Lipinski definition) is 4. The van der Waals surface area contributed by atoms with Crippen LogP contribution in [0.15, 0.2) is 18.2 Å². The molecular formula is C25H30N4O3. The van der Waals surface area contributed by atoms with Crippen molar-refractivity contribution in [3.8, 4) is 5.75 Å². The Morgan fingerprint density at radius 2 is 1.91 bits per heavy atom. The number of piperidine rings is 1.